The Balaban J connectivity index is 1.67. The summed E-state index contributed by atoms with van der Waals surface area (Å²) in [5.41, 5.74) is 1.45. The number of amides is 1. The van der Waals surface area contributed by atoms with Crippen LogP contribution in [0.15, 0.2) is 45.4 Å². The number of nitrogens with one attached hydrogen (secondary N) is 2. The summed E-state index contributed by atoms with van der Waals surface area (Å²) in [6.07, 6.45) is 4.96. The van der Waals surface area contributed by atoms with E-state index >= 15 is 0 Å². The molecule has 6 nitrogen and oxygen atoms in total. The van der Waals surface area contributed by atoms with E-state index < -0.39 is 21.3 Å². The van der Waals surface area contributed by atoms with Crippen LogP contribution in [0.3, 0.4) is 0 Å². The summed E-state index contributed by atoms with van der Waals surface area (Å²) >= 11 is 11.7. The highest BCUT2D eigenvalue weighted by molar-refractivity contribution is 7.94. The normalized spacial score (nSPS) is 14.1. The van der Waals surface area contributed by atoms with Gasteiger partial charge in [0.1, 0.15) is 5.56 Å². The van der Waals surface area contributed by atoms with Crippen molar-refractivity contribution in [2.24, 2.45) is 0 Å². The summed E-state index contributed by atoms with van der Waals surface area (Å²) in [7, 11) is -3.78. The van der Waals surface area contributed by atoms with Gasteiger partial charge < -0.3 is 10.3 Å². The first-order chi connectivity index (χ1) is 13.3. The zero-order chi connectivity index (χ0) is 20.3. The Morgan fingerprint density at radius 1 is 1.18 bits per heavy atom. The summed E-state index contributed by atoms with van der Waals surface area (Å²) in [4.78, 5) is 27.1. The number of aromatic nitrogens is 1. The second-order valence-electron chi connectivity index (χ2n) is 6.42. The van der Waals surface area contributed by atoms with Crippen molar-refractivity contribution in [3.05, 3.63) is 73.0 Å². The number of aromatic amines is 1. The Kier molecular flexibility index (Phi) is 6.27. The minimum atomic E-state index is -3.78. The molecule has 0 saturated heterocycles. The SMILES string of the molecule is O=C(NC/C=C/S(=O)(=O)c1ccc(Cl)cc1Cl)c1cc2c([nH]c1=O)CCCC2. The maximum absolute atomic E-state index is 12.3. The minimum absolute atomic E-state index is 0.0155. The number of halogens is 2. The molecule has 0 fully saturated rings. The third-order valence-electron chi connectivity index (χ3n) is 4.44. The zero-order valence-corrected chi connectivity index (χ0v) is 17.1. The highest BCUT2D eigenvalue weighted by atomic mass is 35.5. The Bertz CT molecular complexity index is 1110. The van der Waals surface area contributed by atoms with Gasteiger partial charge in [-0.2, -0.15) is 0 Å². The number of hydrogen-bond acceptors (Lipinski definition) is 4. The molecule has 1 heterocycles. The lowest BCUT2D eigenvalue weighted by atomic mass is 9.95. The fourth-order valence-corrected chi connectivity index (χ4v) is 4.86. The van der Waals surface area contributed by atoms with Crippen LogP contribution in [0, 0.1) is 0 Å². The molecular formula is C19H18Cl2N2O4S. The molecule has 3 rings (SSSR count). The molecule has 0 atom stereocenters. The molecule has 0 spiro atoms. The second kappa shape index (κ2) is 8.51. The standard InChI is InChI=1S/C19H18Cl2N2O4S/c20-13-6-7-17(15(21)11-13)28(26,27)9-3-8-22-18(24)14-10-12-4-1-2-5-16(12)23-19(14)25/h3,6-7,9-11H,1-2,4-5,8H2,(H,22,24)(H,23,25)/b9-3+. The molecule has 2 N–H and O–H groups in total. The number of H-pyrrole nitrogens is 1. The minimum Gasteiger partial charge on any atom is -0.348 e. The molecule has 28 heavy (non-hydrogen) atoms. The van der Waals surface area contributed by atoms with Crippen LogP contribution in [-0.4, -0.2) is 25.9 Å². The molecule has 1 aromatic carbocycles. The van der Waals surface area contributed by atoms with E-state index in [0.717, 1.165) is 42.3 Å². The number of fused-ring (bicyclic) bond motifs is 1. The van der Waals surface area contributed by atoms with Crippen molar-refractivity contribution in [1.29, 1.82) is 0 Å². The molecule has 1 aromatic heterocycles. The smallest absolute Gasteiger partial charge is 0.261 e. The monoisotopic (exact) mass is 440 g/mol. The van der Waals surface area contributed by atoms with E-state index in [2.05, 4.69) is 10.3 Å². The number of rotatable bonds is 5. The van der Waals surface area contributed by atoms with Gasteiger partial charge in [0.25, 0.3) is 11.5 Å². The van der Waals surface area contributed by atoms with E-state index in [1.54, 1.807) is 6.07 Å². The molecule has 9 heteroatoms. The van der Waals surface area contributed by atoms with E-state index in [0.29, 0.717) is 5.02 Å². The van der Waals surface area contributed by atoms with Gasteiger partial charge in [0.2, 0.25) is 9.84 Å². The fourth-order valence-electron chi connectivity index (χ4n) is 3.04. The predicted octanol–water partition coefficient (Wildman–Crippen LogP) is 3.28. The molecule has 148 valence electrons. The average Bonchev–Trinajstić information content (AvgIpc) is 2.64. The van der Waals surface area contributed by atoms with E-state index in [1.807, 2.05) is 0 Å². The largest absolute Gasteiger partial charge is 0.348 e. The summed E-state index contributed by atoms with van der Waals surface area (Å²) in [6.45, 7) is -0.0558. The molecule has 2 aromatic rings. The van der Waals surface area contributed by atoms with Crippen molar-refractivity contribution in [3.63, 3.8) is 0 Å². The van der Waals surface area contributed by atoms with Gasteiger partial charge in [-0.25, -0.2) is 8.42 Å². The van der Waals surface area contributed by atoms with Crippen molar-refractivity contribution >= 4 is 38.9 Å². The Labute approximate surface area is 172 Å². The van der Waals surface area contributed by atoms with Gasteiger partial charge in [-0.05, 0) is 55.5 Å². The van der Waals surface area contributed by atoms with E-state index in [4.69, 9.17) is 23.2 Å². The molecular weight excluding hydrogens is 423 g/mol. The third kappa shape index (κ3) is 4.66. The summed E-state index contributed by atoms with van der Waals surface area (Å²) in [5, 5.41) is 3.83. The van der Waals surface area contributed by atoms with Crippen LogP contribution < -0.4 is 10.9 Å². The van der Waals surface area contributed by atoms with Gasteiger partial charge in [0, 0.05) is 22.7 Å². The maximum Gasteiger partial charge on any atom is 0.261 e. The molecule has 1 amide bonds. The Morgan fingerprint density at radius 2 is 1.93 bits per heavy atom. The van der Waals surface area contributed by atoms with Crippen LogP contribution in [0.2, 0.25) is 10.0 Å². The lowest BCUT2D eigenvalue weighted by Crippen LogP contribution is -2.31. The van der Waals surface area contributed by atoms with Crippen LogP contribution in [-0.2, 0) is 22.7 Å². The van der Waals surface area contributed by atoms with Crippen LogP contribution >= 0.6 is 23.2 Å². The Morgan fingerprint density at radius 3 is 2.68 bits per heavy atom. The van der Waals surface area contributed by atoms with Gasteiger partial charge in [-0.3, -0.25) is 9.59 Å². The van der Waals surface area contributed by atoms with E-state index in [1.165, 1.54) is 24.3 Å². The van der Waals surface area contributed by atoms with Gasteiger partial charge >= 0.3 is 0 Å². The number of aryl methyl sites for hydroxylation is 2. The second-order valence-corrected chi connectivity index (χ2v) is 9.07. The van der Waals surface area contributed by atoms with Gasteiger partial charge in [-0.1, -0.05) is 29.3 Å². The molecule has 0 aliphatic heterocycles. The number of benzene rings is 1. The van der Waals surface area contributed by atoms with Crippen LogP contribution in [0.5, 0.6) is 0 Å². The van der Waals surface area contributed by atoms with Gasteiger partial charge in [-0.15, -0.1) is 0 Å². The topological polar surface area (TPSA) is 96.1 Å². The number of sulfone groups is 1. The third-order valence-corrected chi connectivity index (χ3v) is 6.62. The molecule has 1 aliphatic rings. The van der Waals surface area contributed by atoms with Gasteiger partial charge in [0.15, 0.2) is 0 Å². The van der Waals surface area contributed by atoms with E-state index in [-0.39, 0.29) is 22.0 Å². The number of carbonyl (C=O) groups excluding carboxylic acids is 1. The lowest BCUT2D eigenvalue weighted by molar-refractivity contribution is 0.0956. The van der Waals surface area contributed by atoms with Crippen LogP contribution in [0.1, 0.15) is 34.5 Å². The van der Waals surface area contributed by atoms with Crippen LogP contribution in [0.25, 0.3) is 0 Å². The van der Waals surface area contributed by atoms with Gasteiger partial charge in [0.05, 0.1) is 9.92 Å². The van der Waals surface area contributed by atoms with E-state index in [9.17, 15) is 18.0 Å². The first-order valence-electron chi connectivity index (χ1n) is 8.68. The number of hydrogen-bond donors (Lipinski definition) is 2. The number of pyridine rings is 1. The van der Waals surface area contributed by atoms with Crippen molar-refractivity contribution in [2.75, 3.05) is 6.54 Å². The first kappa shape index (κ1) is 20.6. The number of carbonyl (C=O) groups is 1. The predicted molar refractivity (Wildman–Crippen MR) is 109 cm³/mol. The first-order valence-corrected chi connectivity index (χ1v) is 11.0. The fraction of sp³-hybridized carbons (Fsp3) is 0.263. The molecule has 0 unspecified atom stereocenters. The maximum atomic E-state index is 12.3. The average molecular weight is 441 g/mol. The quantitative estimate of drug-likeness (QED) is 0.745. The van der Waals surface area contributed by atoms with Crippen LogP contribution in [0.4, 0.5) is 0 Å². The highest BCUT2D eigenvalue weighted by Gasteiger charge is 2.17. The highest BCUT2D eigenvalue weighted by Crippen LogP contribution is 2.26. The van der Waals surface area contributed by atoms with Crippen molar-refractivity contribution in [3.8, 4) is 0 Å². The van der Waals surface area contributed by atoms with Crippen molar-refractivity contribution < 1.29 is 13.2 Å². The summed E-state index contributed by atoms with van der Waals surface area (Å²) in [6, 6.07) is 5.71. The van der Waals surface area contributed by atoms with Crippen molar-refractivity contribution in [2.45, 2.75) is 30.6 Å². The Hall–Kier alpha value is -2.09. The van der Waals surface area contributed by atoms with Crippen molar-refractivity contribution in [1.82, 2.24) is 10.3 Å². The molecule has 1 aliphatic carbocycles. The lowest BCUT2D eigenvalue weighted by Gasteiger charge is -2.15. The molecule has 0 saturated carbocycles. The summed E-state index contributed by atoms with van der Waals surface area (Å²) < 4.78 is 24.6. The zero-order valence-electron chi connectivity index (χ0n) is 14.8. The molecule has 0 bridgehead atoms. The molecule has 0 radical (unpaired) electrons. The summed E-state index contributed by atoms with van der Waals surface area (Å²) in [5.74, 6) is -0.554.